The smallest absolute Gasteiger partial charge is 0.210 e. The van der Waals surface area contributed by atoms with Crippen LogP contribution in [0.1, 0.15) is 11.9 Å². The molecule has 1 aromatic heterocycles. The van der Waals surface area contributed by atoms with Gasteiger partial charge in [-0.25, -0.2) is 4.39 Å². The molecule has 0 saturated carbocycles. The quantitative estimate of drug-likeness (QED) is 0.809. The molecular formula is C8H7ClFN5. The van der Waals surface area contributed by atoms with Crippen molar-refractivity contribution in [1.82, 2.24) is 20.3 Å². The molecule has 0 aliphatic heterocycles. The molecule has 0 spiro atoms. The zero-order valence-electron chi connectivity index (χ0n) is 7.51. The summed E-state index contributed by atoms with van der Waals surface area (Å²) in [5, 5.41) is 10.7. The number of hydrogen-bond donors (Lipinski definition) is 1. The van der Waals surface area contributed by atoms with Crippen LogP contribution in [0.4, 0.5) is 4.39 Å². The lowest BCUT2D eigenvalue weighted by Crippen LogP contribution is -2.18. The molecule has 0 amide bonds. The Morgan fingerprint density at radius 2 is 2.33 bits per heavy atom. The van der Waals surface area contributed by atoms with E-state index in [9.17, 15) is 4.39 Å². The first-order valence-corrected chi connectivity index (χ1v) is 4.52. The van der Waals surface area contributed by atoms with E-state index in [1.807, 2.05) is 0 Å². The minimum absolute atomic E-state index is 0.415. The van der Waals surface area contributed by atoms with E-state index in [4.69, 9.17) is 11.6 Å². The third kappa shape index (κ3) is 2.41. The lowest BCUT2D eigenvalue weighted by Gasteiger charge is -2.10. The van der Waals surface area contributed by atoms with Crippen molar-refractivity contribution < 1.29 is 4.39 Å². The number of rotatable bonds is 3. The van der Waals surface area contributed by atoms with E-state index in [0.717, 1.165) is 4.79 Å². The second-order valence-corrected chi connectivity index (χ2v) is 3.24. The average molecular weight is 228 g/mol. The summed E-state index contributed by atoms with van der Waals surface area (Å²) >= 11 is 5.73. The van der Waals surface area contributed by atoms with Crippen LogP contribution in [0, 0.1) is 0 Å². The van der Waals surface area contributed by atoms with Gasteiger partial charge < -0.3 is 0 Å². The van der Waals surface area contributed by atoms with E-state index in [0.29, 0.717) is 10.6 Å². The predicted octanol–water partition coefficient (Wildman–Crippen LogP) is 1.54. The molecule has 0 saturated heterocycles. The largest absolute Gasteiger partial charge is 0.270 e. The summed E-state index contributed by atoms with van der Waals surface area (Å²) in [6.45, 7) is 0. The Balaban J connectivity index is 2.11. The van der Waals surface area contributed by atoms with E-state index in [1.54, 1.807) is 18.2 Å². The molecule has 2 aromatic rings. The molecule has 0 bridgehead atoms. The van der Waals surface area contributed by atoms with Crippen LogP contribution in [-0.4, -0.2) is 20.3 Å². The van der Waals surface area contributed by atoms with Gasteiger partial charge in [0, 0.05) is 10.6 Å². The topological polar surface area (TPSA) is 55.6 Å². The van der Waals surface area contributed by atoms with Crippen LogP contribution in [0.5, 0.6) is 0 Å². The summed E-state index contributed by atoms with van der Waals surface area (Å²) < 4.78 is 13.6. The van der Waals surface area contributed by atoms with Gasteiger partial charge in [-0.2, -0.15) is 0 Å². The SMILES string of the molecule is FC(Nn1cnnn1)c1cccc(Cl)c1. The molecule has 1 unspecified atom stereocenters. The molecule has 0 radical (unpaired) electrons. The van der Waals surface area contributed by atoms with E-state index in [2.05, 4.69) is 21.0 Å². The Hall–Kier alpha value is -1.69. The van der Waals surface area contributed by atoms with Crippen molar-refractivity contribution in [3.8, 4) is 0 Å². The fraction of sp³-hybridized carbons (Fsp3) is 0.125. The number of tetrazole rings is 1. The summed E-state index contributed by atoms with van der Waals surface area (Å²) in [4.78, 5) is 1.09. The Kier molecular flexibility index (Phi) is 2.77. The van der Waals surface area contributed by atoms with Gasteiger partial charge in [-0.3, -0.25) is 5.43 Å². The third-order valence-electron chi connectivity index (χ3n) is 1.74. The van der Waals surface area contributed by atoms with Crippen LogP contribution in [0.2, 0.25) is 5.02 Å². The van der Waals surface area contributed by atoms with E-state index in [-0.39, 0.29) is 0 Å². The Bertz CT molecular complexity index is 432. The van der Waals surface area contributed by atoms with Crippen LogP contribution in [-0.2, 0) is 0 Å². The van der Waals surface area contributed by atoms with E-state index in [1.165, 1.54) is 12.4 Å². The van der Waals surface area contributed by atoms with Crippen LogP contribution >= 0.6 is 11.6 Å². The monoisotopic (exact) mass is 227 g/mol. The van der Waals surface area contributed by atoms with Gasteiger partial charge >= 0.3 is 0 Å². The zero-order valence-corrected chi connectivity index (χ0v) is 8.26. The molecule has 0 aliphatic carbocycles. The number of aromatic nitrogens is 4. The van der Waals surface area contributed by atoms with Crippen molar-refractivity contribution in [2.75, 3.05) is 5.43 Å². The number of alkyl halides is 1. The van der Waals surface area contributed by atoms with E-state index >= 15 is 0 Å². The second kappa shape index (κ2) is 4.22. The van der Waals surface area contributed by atoms with Crippen molar-refractivity contribution in [3.63, 3.8) is 0 Å². The molecule has 1 N–H and O–H groups in total. The van der Waals surface area contributed by atoms with Crippen molar-refractivity contribution in [2.24, 2.45) is 0 Å². The van der Waals surface area contributed by atoms with Gasteiger partial charge in [0.05, 0.1) is 0 Å². The van der Waals surface area contributed by atoms with Gasteiger partial charge in [-0.15, -0.1) is 9.89 Å². The van der Waals surface area contributed by atoms with Gasteiger partial charge in [0.15, 0.2) is 6.33 Å². The first kappa shape index (κ1) is 9.85. The van der Waals surface area contributed by atoms with Gasteiger partial charge in [0.25, 0.3) is 0 Å². The highest BCUT2D eigenvalue weighted by molar-refractivity contribution is 6.30. The average Bonchev–Trinajstić information content (AvgIpc) is 2.70. The number of nitrogens with one attached hydrogen (secondary N) is 1. The Labute approximate surface area is 89.8 Å². The summed E-state index contributed by atoms with van der Waals surface area (Å²) in [5.41, 5.74) is 2.84. The maximum atomic E-state index is 13.6. The molecule has 1 aromatic carbocycles. The molecule has 5 nitrogen and oxygen atoms in total. The summed E-state index contributed by atoms with van der Waals surface area (Å²) in [6.07, 6.45) is -0.149. The Morgan fingerprint density at radius 3 is 3.00 bits per heavy atom. The molecule has 2 rings (SSSR count). The standard InChI is InChI=1S/C8H7ClFN5/c9-7-3-1-2-6(4-7)8(10)12-15-5-11-13-14-15/h1-5,8,12H. The summed E-state index contributed by atoms with van der Waals surface area (Å²) in [7, 11) is 0. The molecule has 1 heterocycles. The molecule has 7 heteroatoms. The zero-order chi connectivity index (χ0) is 10.7. The molecule has 0 aliphatic rings. The lowest BCUT2D eigenvalue weighted by molar-refractivity contribution is 0.346. The summed E-state index contributed by atoms with van der Waals surface area (Å²) in [5.74, 6) is 0. The normalized spacial score (nSPS) is 12.4. The molecule has 15 heavy (non-hydrogen) atoms. The highest BCUT2D eigenvalue weighted by Gasteiger charge is 2.09. The van der Waals surface area contributed by atoms with Gasteiger partial charge in [-0.1, -0.05) is 23.7 Å². The van der Waals surface area contributed by atoms with Gasteiger partial charge in [-0.05, 0) is 22.6 Å². The van der Waals surface area contributed by atoms with E-state index < -0.39 is 6.30 Å². The second-order valence-electron chi connectivity index (χ2n) is 2.80. The molecule has 0 fully saturated rings. The number of nitrogens with zero attached hydrogens (tertiary/aromatic N) is 4. The summed E-state index contributed by atoms with van der Waals surface area (Å²) in [6, 6.07) is 6.50. The molecular weight excluding hydrogens is 221 g/mol. The first-order chi connectivity index (χ1) is 7.25. The highest BCUT2D eigenvalue weighted by atomic mass is 35.5. The predicted molar refractivity (Wildman–Crippen MR) is 52.5 cm³/mol. The minimum Gasteiger partial charge on any atom is -0.270 e. The first-order valence-electron chi connectivity index (χ1n) is 4.15. The molecule has 78 valence electrons. The maximum absolute atomic E-state index is 13.6. The van der Waals surface area contributed by atoms with Crippen molar-refractivity contribution in [2.45, 2.75) is 6.30 Å². The highest BCUT2D eigenvalue weighted by Crippen LogP contribution is 2.19. The fourth-order valence-corrected chi connectivity index (χ4v) is 1.27. The van der Waals surface area contributed by atoms with Crippen molar-refractivity contribution in [1.29, 1.82) is 0 Å². The third-order valence-corrected chi connectivity index (χ3v) is 1.97. The van der Waals surface area contributed by atoms with Crippen LogP contribution < -0.4 is 5.43 Å². The number of halogens is 2. The van der Waals surface area contributed by atoms with Gasteiger partial charge in [0.2, 0.25) is 6.30 Å². The molecule has 1 atom stereocenters. The number of hydrogen-bond acceptors (Lipinski definition) is 4. The van der Waals surface area contributed by atoms with Crippen LogP contribution in [0.15, 0.2) is 30.6 Å². The number of benzene rings is 1. The minimum atomic E-state index is -1.41. The lowest BCUT2D eigenvalue weighted by atomic mass is 10.2. The van der Waals surface area contributed by atoms with Crippen LogP contribution in [0.3, 0.4) is 0 Å². The van der Waals surface area contributed by atoms with Crippen molar-refractivity contribution in [3.05, 3.63) is 41.2 Å². The fourth-order valence-electron chi connectivity index (χ4n) is 1.08. The van der Waals surface area contributed by atoms with Crippen molar-refractivity contribution >= 4 is 11.6 Å². The Morgan fingerprint density at radius 1 is 1.47 bits per heavy atom. The van der Waals surface area contributed by atoms with Gasteiger partial charge in [0.1, 0.15) is 0 Å². The van der Waals surface area contributed by atoms with Crippen LogP contribution in [0.25, 0.3) is 0 Å². The maximum Gasteiger partial charge on any atom is 0.210 e.